The van der Waals surface area contributed by atoms with Gasteiger partial charge in [-0.15, -0.1) is 0 Å². The minimum atomic E-state index is -4.92. The quantitative estimate of drug-likeness (QED) is 0.339. The molecule has 0 aliphatic carbocycles. The molecule has 0 spiro atoms. The third-order valence-electron chi connectivity index (χ3n) is 4.50. The third kappa shape index (κ3) is 5.46. The summed E-state index contributed by atoms with van der Waals surface area (Å²) < 4.78 is 81.4. The van der Waals surface area contributed by atoms with Gasteiger partial charge < -0.3 is 5.32 Å². The highest BCUT2D eigenvalue weighted by molar-refractivity contribution is 7.97. The number of benzene rings is 2. The Hall–Kier alpha value is -3.21. The number of halogens is 7. The minimum Gasteiger partial charge on any atom is -0.325 e. The molecule has 0 unspecified atom stereocenters. The molecule has 0 aliphatic rings. The summed E-state index contributed by atoms with van der Waals surface area (Å²) in [7, 11) is 0. The summed E-state index contributed by atoms with van der Waals surface area (Å²) >= 11 is 6.33. The second kappa shape index (κ2) is 9.57. The van der Waals surface area contributed by atoms with E-state index >= 15 is 0 Å². The van der Waals surface area contributed by atoms with Crippen LogP contribution < -0.4 is 10.5 Å². The largest absolute Gasteiger partial charge is 0.418 e. The van der Waals surface area contributed by atoms with Crippen LogP contribution in [0.15, 0.2) is 47.6 Å². The van der Waals surface area contributed by atoms with Crippen LogP contribution in [-0.2, 0) is 23.6 Å². The number of alkyl halides is 6. The molecule has 0 bridgehead atoms. The highest BCUT2D eigenvalue weighted by Gasteiger charge is 2.36. The zero-order chi connectivity index (χ0) is 25.3. The van der Waals surface area contributed by atoms with E-state index in [1.54, 1.807) is 6.07 Å². The van der Waals surface area contributed by atoms with Crippen LogP contribution >= 0.6 is 23.5 Å². The van der Waals surface area contributed by atoms with E-state index in [0.29, 0.717) is 18.0 Å². The summed E-state index contributed by atoms with van der Waals surface area (Å²) in [6.07, 6.45) is -8.06. The number of nitrogens with one attached hydrogen (secondary N) is 1. The molecule has 1 aromatic heterocycles. The standard InChI is InChI=1S/C20H12ClF6N5OS/c21-18-11(2-1-3-12(18)19(22,23)24)4-17(33)31-14-6-16(34-29)15(5-13(14)20(25,26)27)32-9-10(7-28)8-30-32/h1-3,5-6,8-9H,4,29H2,(H,31,33). The van der Waals surface area contributed by atoms with Crippen LogP contribution in [-0.4, -0.2) is 15.7 Å². The van der Waals surface area contributed by atoms with Gasteiger partial charge in [0.05, 0.1) is 50.6 Å². The van der Waals surface area contributed by atoms with E-state index in [4.69, 9.17) is 22.0 Å². The van der Waals surface area contributed by atoms with Crippen molar-refractivity contribution in [1.29, 1.82) is 5.26 Å². The van der Waals surface area contributed by atoms with Crippen LogP contribution in [0.5, 0.6) is 0 Å². The minimum absolute atomic E-state index is 0.0768. The van der Waals surface area contributed by atoms with E-state index < -0.39 is 46.5 Å². The molecular formula is C20H12ClF6N5OS. The van der Waals surface area contributed by atoms with Gasteiger partial charge >= 0.3 is 12.4 Å². The lowest BCUT2D eigenvalue weighted by Crippen LogP contribution is -2.20. The van der Waals surface area contributed by atoms with E-state index in [-0.39, 0.29) is 21.7 Å². The molecule has 3 aromatic rings. The summed E-state index contributed by atoms with van der Waals surface area (Å²) in [5.74, 6) is -1.03. The Morgan fingerprint density at radius 1 is 1.18 bits per heavy atom. The zero-order valence-corrected chi connectivity index (χ0v) is 18.2. The van der Waals surface area contributed by atoms with Crippen molar-refractivity contribution in [3.63, 3.8) is 0 Å². The maximum Gasteiger partial charge on any atom is 0.418 e. The fraction of sp³-hybridized carbons (Fsp3) is 0.150. The van der Waals surface area contributed by atoms with Gasteiger partial charge in [-0.2, -0.15) is 36.7 Å². The normalized spacial score (nSPS) is 11.9. The zero-order valence-electron chi connectivity index (χ0n) is 16.6. The summed E-state index contributed by atoms with van der Waals surface area (Å²) in [4.78, 5) is 12.5. The fourth-order valence-electron chi connectivity index (χ4n) is 2.99. The number of amides is 1. The lowest BCUT2D eigenvalue weighted by molar-refractivity contribution is -0.138. The third-order valence-corrected chi connectivity index (χ3v) is 5.53. The Bertz CT molecular complexity index is 1280. The first-order valence-corrected chi connectivity index (χ1v) is 10.3. The van der Waals surface area contributed by atoms with Crippen molar-refractivity contribution >= 4 is 35.1 Å². The van der Waals surface area contributed by atoms with Crippen molar-refractivity contribution < 1.29 is 31.1 Å². The predicted molar refractivity (Wildman–Crippen MR) is 112 cm³/mol. The lowest BCUT2D eigenvalue weighted by Gasteiger charge is -2.18. The van der Waals surface area contributed by atoms with Gasteiger partial charge in [0, 0.05) is 6.20 Å². The number of hydrogen-bond acceptors (Lipinski definition) is 5. The van der Waals surface area contributed by atoms with Crippen LogP contribution in [0, 0.1) is 11.3 Å². The SMILES string of the molecule is N#Cc1cnn(-c2cc(C(F)(F)F)c(NC(=O)Cc3cccc(C(F)(F)F)c3Cl)cc2SN)c1. The molecule has 0 saturated carbocycles. The number of hydrogen-bond donors (Lipinski definition) is 2. The average Bonchev–Trinajstić information content (AvgIpc) is 3.22. The number of nitrogens with zero attached hydrogens (tertiary/aromatic N) is 3. The first-order valence-electron chi connectivity index (χ1n) is 9.06. The van der Waals surface area contributed by atoms with E-state index in [9.17, 15) is 31.1 Å². The first-order chi connectivity index (χ1) is 15.8. The number of rotatable bonds is 5. The van der Waals surface area contributed by atoms with Crippen molar-refractivity contribution in [2.24, 2.45) is 5.14 Å². The van der Waals surface area contributed by atoms with Gasteiger partial charge in [-0.3, -0.25) is 9.93 Å². The Morgan fingerprint density at radius 3 is 2.41 bits per heavy atom. The molecule has 3 N–H and O–H groups in total. The molecular weight excluding hydrogens is 508 g/mol. The summed E-state index contributed by atoms with van der Waals surface area (Å²) in [6.45, 7) is 0. The molecule has 6 nitrogen and oxygen atoms in total. The van der Waals surface area contributed by atoms with Crippen molar-refractivity contribution in [3.05, 3.63) is 70.0 Å². The first kappa shape index (κ1) is 25.4. The molecule has 1 heterocycles. The number of anilines is 1. The maximum absolute atomic E-state index is 13.8. The van der Waals surface area contributed by atoms with E-state index in [1.807, 2.05) is 0 Å². The fourth-order valence-corrected chi connectivity index (χ4v) is 3.75. The van der Waals surface area contributed by atoms with Crippen molar-refractivity contribution in [1.82, 2.24) is 9.78 Å². The molecule has 1 amide bonds. The van der Waals surface area contributed by atoms with Gasteiger partial charge in [0.25, 0.3) is 0 Å². The molecule has 0 fully saturated rings. The molecule has 178 valence electrons. The number of nitrogens with two attached hydrogens (primary N) is 1. The van der Waals surface area contributed by atoms with Gasteiger partial charge in [0.15, 0.2) is 0 Å². The van der Waals surface area contributed by atoms with Crippen LogP contribution in [0.1, 0.15) is 22.3 Å². The number of aromatic nitrogens is 2. The summed E-state index contributed by atoms with van der Waals surface area (Å²) in [5.41, 5.74) is -3.30. The molecule has 0 aliphatic heterocycles. The second-order valence-electron chi connectivity index (χ2n) is 6.77. The molecule has 14 heteroatoms. The summed E-state index contributed by atoms with van der Waals surface area (Å²) in [6, 6.07) is 6.37. The van der Waals surface area contributed by atoms with E-state index in [1.165, 1.54) is 6.20 Å². The maximum atomic E-state index is 13.8. The van der Waals surface area contributed by atoms with Crippen LogP contribution in [0.3, 0.4) is 0 Å². The van der Waals surface area contributed by atoms with Gasteiger partial charge in [-0.1, -0.05) is 23.7 Å². The number of carbonyl (C=O) groups excluding carboxylic acids is 1. The Kier molecular flexibility index (Phi) is 7.15. The molecule has 0 radical (unpaired) electrons. The molecule has 34 heavy (non-hydrogen) atoms. The second-order valence-corrected chi connectivity index (χ2v) is 7.82. The number of nitriles is 1. The molecule has 0 saturated heterocycles. The van der Waals surface area contributed by atoms with Gasteiger partial charge in [0.2, 0.25) is 5.91 Å². The van der Waals surface area contributed by atoms with Crippen molar-refractivity contribution in [2.45, 2.75) is 23.7 Å². The smallest absolute Gasteiger partial charge is 0.325 e. The predicted octanol–water partition coefficient (Wildman–Crippen LogP) is 5.58. The van der Waals surface area contributed by atoms with Crippen molar-refractivity contribution in [2.75, 3.05) is 5.32 Å². The van der Waals surface area contributed by atoms with E-state index in [0.717, 1.165) is 35.1 Å². The molecule has 3 rings (SSSR count). The van der Waals surface area contributed by atoms with E-state index in [2.05, 4.69) is 10.4 Å². The Morgan fingerprint density at radius 2 is 1.85 bits per heavy atom. The Balaban J connectivity index is 1.98. The van der Waals surface area contributed by atoms with Gasteiger partial charge in [-0.25, -0.2) is 4.68 Å². The van der Waals surface area contributed by atoms with Gasteiger partial charge in [-0.05, 0) is 35.7 Å². The monoisotopic (exact) mass is 519 g/mol. The van der Waals surface area contributed by atoms with Gasteiger partial charge in [0.1, 0.15) is 6.07 Å². The lowest BCUT2D eigenvalue weighted by atomic mass is 10.1. The number of carbonyl (C=O) groups is 1. The summed E-state index contributed by atoms with van der Waals surface area (Å²) in [5, 5.41) is 19.7. The highest BCUT2D eigenvalue weighted by atomic mass is 35.5. The van der Waals surface area contributed by atoms with Crippen molar-refractivity contribution in [3.8, 4) is 11.8 Å². The van der Waals surface area contributed by atoms with Crippen LogP contribution in [0.4, 0.5) is 32.0 Å². The average molecular weight is 520 g/mol. The van der Waals surface area contributed by atoms with Crippen LogP contribution in [0.25, 0.3) is 5.69 Å². The molecule has 0 atom stereocenters. The highest BCUT2D eigenvalue weighted by Crippen LogP contribution is 2.40. The molecule has 2 aromatic carbocycles. The topological polar surface area (TPSA) is 96.7 Å². The van der Waals surface area contributed by atoms with Crippen LogP contribution in [0.2, 0.25) is 5.02 Å². The Labute approximate surface area is 197 Å².